The number of quaternary nitrogens is 1. The van der Waals surface area contributed by atoms with E-state index in [0.29, 0.717) is 0 Å². The van der Waals surface area contributed by atoms with Crippen molar-refractivity contribution < 1.29 is 48.9 Å². The van der Waals surface area contributed by atoms with Gasteiger partial charge in [0, 0.05) is 0 Å². The molecule has 0 aromatic rings. The van der Waals surface area contributed by atoms with Crippen molar-refractivity contribution in [2.24, 2.45) is 0 Å². The molecular formula is H16AsMgNO10. The van der Waals surface area contributed by atoms with Gasteiger partial charge in [0.25, 0.3) is 0 Å². The maximum Gasteiger partial charge on any atom is 2.00 e. The van der Waals surface area contributed by atoms with E-state index in [0.717, 1.165) is 0 Å². The van der Waals surface area contributed by atoms with Crippen LogP contribution in [0.15, 0.2) is 0 Å². The number of hydrogen-bond donors (Lipinski definition) is 1. The van der Waals surface area contributed by atoms with E-state index in [-0.39, 0.29) is 62.1 Å². The van der Waals surface area contributed by atoms with Gasteiger partial charge >= 0.3 is 53.6 Å². The summed E-state index contributed by atoms with van der Waals surface area (Å²) < 4.78 is 34.4. The molecule has 0 bridgehead atoms. The van der Waals surface area contributed by atoms with E-state index in [4.69, 9.17) is 16.0 Å². The molecule has 13 heavy (non-hydrogen) atoms. The van der Waals surface area contributed by atoms with E-state index < -0.39 is 14.5 Å². The average molecular weight is 289 g/mol. The van der Waals surface area contributed by atoms with Crippen molar-refractivity contribution in [1.82, 2.24) is 6.15 Å². The minimum Gasteiger partial charge on any atom is -0.369 e. The molecule has 0 aromatic carbocycles. The van der Waals surface area contributed by atoms with E-state index in [1.54, 1.807) is 0 Å². The minimum absolute atomic E-state index is 0. The zero-order valence-corrected chi connectivity index (χ0v) is 10.1. The molecule has 0 unspecified atom stereocenters. The average Bonchev–Trinajstić information content (AvgIpc) is 0.722. The maximum absolute atomic E-state index is 8.61. The van der Waals surface area contributed by atoms with E-state index in [1.807, 2.05) is 0 Å². The normalized spacial score (nSPS) is 4.54. The molecule has 0 aliphatic heterocycles. The summed E-state index contributed by atoms with van der Waals surface area (Å²) >= 11 is -5.88. The van der Waals surface area contributed by atoms with Crippen LogP contribution in [-0.2, 0) is 3.74 Å². The molecule has 0 radical (unpaired) electrons. The molecule has 0 saturated carbocycles. The van der Waals surface area contributed by atoms with Crippen LogP contribution in [0, 0.1) is 0 Å². The summed E-state index contributed by atoms with van der Waals surface area (Å²) in [5.41, 5.74) is 0. The third-order valence-electron chi connectivity index (χ3n) is 0. The first-order valence-corrected chi connectivity index (χ1v) is 3.79. The third-order valence-corrected chi connectivity index (χ3v) is 0. The van der Waals surface area contributed by atoms with Crippen LogP contribution in [0.2, 0.25) is 0 Å². The van der Waals surface area contributed by atoms with Crippen LogP contribution in [-0.4, -0.2) is 70.4 Å². The Labute approximate surface area is 92.7 Å². The second-order valence-electron chi connectivity index (χ2n) is 0.447. The van der Waals surface area contributed by atoms with Gasteiger partial charge in [-0.3, -0.25) is 0 Å². The van der Waals surface area contributed by atoms with E-state index >= 15 is 0 Å². The molecule has 0 aliphatic rings. The van der Waals surface area contributed by atoms with Crippen LogP contribution in [0.5, 0.6) is 0 Å². The Morgan fingerprint density at radius 3 is 0.692 bits per heavy atom. The van der Waals surface area contributed by atoms with Gasteiger partial charge in [-0.25, -0.2) is 0 Å². The fourth-order valence-electron chi connectivity index (χ4n) is 0. The first-order chi connectivity index (χ1) is 2.00. The zero-order chi connectivity index (χ0) is 4.50. The SMILES string of the molecule is O.O.O.O.O.O.O=[As]([O-])([O-])[O-].[Mg+2].[NH4+]. The zero-order valence-electron chi connectivity index (χ0n) is 6.79. The monoisotopic (exact) mass is 289 g/mol. The molecule has 0 aromatic heterocycles. The Bertz CT molecular complexity index is 61.1. The molecule has 16 N–H and O–H groups in total. The Morgan fingerprint density at radius 1 is 0.692 bits per heavy atom. The Balaban J connectivity index is -0.00000000286. The summed E-state index contributed by atoms with van der Waals surface area (Å²) in [6.45, 7) is 0. The molecule has 0 spiro atoms. The van der Waals surface area contributed by atoms with E-state index in [9.17, 15) is 0 Å². The summed E-state index contributed by atoms with van der Waals surface area (Å²) in [7, 11) is 0. The van der Waals surface area contributed by atoms with Gasteiger partial charge in [-0.15, -0.1) is 0 Å². The van der Waals surface area contributed by atoms with Gasteiger partial charge in [0.15, 0.2) is 0 Å². The van der Waals surface area contributed by atoms with E-state index in [2.05, 4.69) is 0 Å². The molecular weight excluding hydrogens is 273 g/mol. The van der Waals surface area contributed by atoms with Crippen molar-refractivity contribution in [3.63, 3.8) is 0 Å². The van der Waals surface area contributed by atoms with Gasteiger partial charge in [0.1, 0.15) is 0 Å². The van der Waals surface area contributed by atoms with Crippen molar-refractivity contribution >= 4 is 37.6 Å². The van der Waals surface area contributed by atoms with Crippen LogP contribution >= 0.6 is 0 Å². The summed E-state index contributed by atoms with van der Waals surface area (Å²) in [5, 5.41) is 0. The quantitative estimate of drug-likeness (QED) is 0.424. The standard InChI is InChI=1S/AsH3O4.Mg.H3N.6H2O/c2-1(3,4)5;;;;;;;;/h(H3,2,3,4,5);;1H3;6*1H2/q;+2;;;;;;;/p-2. The fraction of sp³-hybridized carbons (Fsp3) is 0. The van der Waals surface area contributed by atoms with Crippen molar-refractivity contribution in [1.29, 1.82) is 0 Å². The summed E-state index contributed by atoms with van der Waals surface area (Å²) in [4.78, 5) is 0. The smallest absolute Gasteiger partial charge is 0.369 e. The Hall–Kier alpha value is 0.725. The van der Waals surface area contributed by atoms with E-state index in [1.165, 1.54) is 0 Å². The third kappa shape index (κ3) is 2790. The summed E-state index contributed by atoms with van der Waals surface area (Å²) in [6.07, 6.45) is 0. The first-order valence-electron chi connectivity index (χ1n) is 0.730. The first kappa shape index (κ1) is 99.6. The van der Waals surface area contributed by atoms with Crippen molar-refractivity contribution in [2.45, 2.75) is 0 Å². The minimum atomic E-state index is -5.88. The molecule has 0 saturated heterocycles. The van der Waals surface area contributed by atoms with Crippen molar-refractivity contribution in [2.75, 3.05) is 0 Å². The Morgan fingerprint density at radius 2 is 0.692 bits per heavy atom. The van der Waals surface area contributed by atoms with Gasteiger partial charge < -0.3 is 39.0 Å². The van der Waals surface area contributed by atoms with Gasteiger partial charge in [0.2, 0.25) is 0 Å². The van der Waals surface area contributed by atoms with Crippen LogP contribution in [0.3, 0.4) is 0 Å². The number of hydrogen-bond acceptors (Lipinski definition) is 4. The molecule has 0 amide bonds. The largest absolute Gasteiger partial charge is 2.00 e. The molecule has 0 aliphatic carbocycles. The molecule has 88 valence electrons. The topological polar surface area (TPSA) is 312 Å². The predicted octanol–water partition coefficient (Wildman–Crippen LogP) is -9.02. The molecule has 0 atom stereocenters. The molecule has 0 fully saturated rings. The fourth-order valence-corrected chi connectivity index (χ4v) is 0. The molecule has 13 heteroatoms. The summed E-state index contributed by atoms with van der Waals surface area (Å²) in [5.74, 6) is 0. The number of rotatable bonds is 0. The molecule has 11 nitrogen and oxygen atoms in total. The predicted molar refractivity (Wildman–Crippen MR) is 39.9 cm³/mol. The van der Waals surface area contributed by atoms with Gasteiger partial charge in [-0.05, 0) is 0 Å². The van der Waals surface area contributed by atoms with Crippen LogP contribution < -0.4 is 18.4 Å². The van der Waals surface area contributed by atoms with Crippen LogP contribution in [0.4, 0.5) is 0 Å². The second kappa shape index (κ2) is 38.7. The maximum atomic E-state index is 8.61. The Kier molecular flexibility index (Phi) is 296. The van der Waals surface area contributed by atoms with Crippen LogP contribution in [0.1, 0.15) is 0 Å². The van der Waals surface area contributed by atoms with Gasteiger partial charge in [-0.1, -0.05) is 0 Å². The summed E-state index contributed by atoms with van der Waals surface area (Å²) in [6, 6.07) is 0. The van der Waals surface area contributed by atoms with Crippen molar-refractivity contribution in [3.05, 3.63) is 0 Å². The van der Waals surface area contributed by atoms with Crippen LogP contribution in [0.25, 0.3) is 0 Å². The van der Waals surface area contributed by atoms with Gasteiger partial charge in [-0.2, -0.15) is 0 Å². The second-order valence-corrected chi connectivity index (χ2v) is 2.32. The molecule has 0 heterocycles. The molecule has 0 rings (SSSR count). The van der Waals surface area contributed by atoms with Crippen molar-refractivity contribution in [3.8, 4) is 0 Å². The van der Waals surface area contributed by atoms with Gasteiger partial charge in [0.05, 0.1) is 0 Å².